The van der Waals surface area contributed by atoms with E-state index in [9.17, 15) is 0 Å². The Balaban J connectivity index is 3.70. The van der Waals surface area contributed by atoms with Gasteiger partial charge in [-0.05, 0) is 19.2 Å². The first kappa shape index (κ1) is 9.15. The maximum atomic E-state index is 4.04. The molecule has 0 unspecified atom stereocenters. The number of allylic oxidation sites excluding steroid dienone is 2. The third kappa shape index (κ3) is 3.69. The van der Waals surface area contributed by atoms with Crippen LogP contribution >= 0.6 is 12.5 Å². The summed E-state index contributed by atoms with van der Waals surface area (Å²) in [5.74, 6) is 0.665. The molecule has 0 aromatic carbocycles. The smallest absolute Gasteiger partial charge is 0.191 e. The summed E-state index contributed by atoms with van der Waals surface area (Å²) in [7, 11) is 0. The molecule has 51 valence electrons. The molecule has 0 aromatic heterocycles. The zero-order chi connectivity index (χ0) is 7.28. The van der Waals surface area contributed by atoms with E-state index in [0.717, 1.165) is 6.32 Å². The molecule has 0 saturated heterocycles. The van der Waals surface area contributed by atoms with Crippen molar-refractivity contribution in [2.24, 2.45) is 5.92 Å². The molecule has 0 N–H and O–H groups in total. The van der Waals surface area contributed by atoms with Gasteiger partial charge in [-0.25, -0.2) is 12.5 Å². The van der Waals surface area contributed by atoms with Crippen molar-refractivity contribution < 1.29 is 0 Å². The van der Waals surface area contributed by atoms with Gasteiger partial charge < -0.3 is 0 Å². The van der Waals surface area contributed by atoms with Crippen molar-refractivity contribution in [2.75, 3.05) is 0 Å². The van der Waals surface area contributed by atoms with Crippen molar-refractivity contribution in [1.82, 2.24) is 0 Å². The molecule has 1 radical (unpaired) electrons. The quantitative estimate of drug-likeness (QED) is 0.348. The molecule has 0 spiro atoms. The summed E-state index contributed by atoms with van der Waals surface area (Å²) in [4.78, 5) is 0. The van der Waals surface area contributed by atoms with Crippen LogP contribution < -0.4 is 0 Å². The zero-order valence-electron chi connectivity index (χ0n) is 6.39. The molecule has 0 saturated carbocycles. The fourth-order valence-electron chi connectivity index (χ4n) is 0.792. The van der Waals surface area contributed by atoms with E-state index in [4.69, 9.17) is 0 Å². The van der Waals surface area contributed by atoms with Crippen LogP contribution in [0.25, 0.3) is 0 Å². The SMILES string of the molecule is C/C=C(\C[B]S)C(C)C. The first-order valence-corrected chi connectivity index (χ1v) is 3.85. The first-order chi connectivity index (χ1) is 4.22. The molecule has 0 aromatic rings. The Labute approximate surface area is 64.3 Å². The number of hydrogen-bond donors (Lipinski definition) is 1. The summed E-state index contributed by atoms with van der Waals surface area (Å²) < 4.78 is 0. The molecule has 0 bridgehead atoms. The van der Waals surface area contributed by atoms with E-state index in [0.29, 0.717) is 5.92 Å². The van der Waals surface area contributed by atoms with Gasteiger partial charge in [0.05, 0.1) is 0 Å². The normalized spacial score (nSPS) is 12.3. The summed E-state index contributed by atoms with van der Waals surface area (Å²) in [6.45, 7) is 8.38. The van der Waals surface area contributed by atoms with E-state index in [1.54, 1.807) is 0 Å². The molecule has 0 aliphatic heterocycles. The second kappa shape index (κ2) is 4.98. The van der Waals surface area contributed by atoms with Gasteiger partial charge in [0.15, 0.2) is 6.56 Å². The average molecular weight is 141 g/mol. The van der Waals surface area contributed by atoms with Crippen molar-refractivity contribution in [3.8, 4) is 0 Å². The van der Waals surface area contributed by atoms with E-state index in [2.05, 4.69) is 39.3 Å². The molecule has 9 heavy (non-hydrogen) atoms. The molecule has 0 atom stereocenters. The highest BCUT2D eigenvalue weighted by molar-refractivity contribution is 8.06. The van der Waals surface area contributed by atoms with Crippen LogP contribution in [0.2, 0.25) is 6.32 Å². The number of hydrogen-bond acceptors (Lipinski definition) is 1. The summed E-state index contributed by atoms with van der Waals surface area (Å²) in [5, 5.41) is 0. The van der Waals surface area contributed by atoms with Crippen molar-refractivity contribution in [3.05, 3.63) is 11.6 Å². The van der Waals surface area contributed by atoms with E-state index in [-0.39, 0.29) is 0 Å². The van der Waals surface area contributed by atoms with Gasteiger partial charge in [0.2, 0.25) is 0 Å². The van der Waals surface area contributed by atoms with E-state index in [1.807, 2.05) is 6.56 Å². The highest BCUT2D eigenvalue weighted by atomic mass is 32.1. The highest BCUT2D eigenvalue weighted by Crippen LogP contribution is 2.13. The lowest BCUT2D eigenvalue weighted by Gasteiger charge is -2.07. The molecule has 0 rings (SSSR count). The van der Waals surface area contributed by atoms with E-state index >= 15 is 0 Å². The van der Waals surface area contributed by atoms with E-state index in [1.165, 1.54) is 5.57 Å². The predicted molar refractivity (Wildman–Crippen MR) is 48.1 cm³/mol. The Morgan fingerprint density at radius 3 is 2.33 bits per heavy atom. The van der Waals surface area contributed by atoms with Gasteiger partial charge in [-0.3, -0.25) is 0 Å². The summed E-state index contributed by atoms with van der Waals surface area (Å²) in [6.07, 6.45) is 3.18. The largest absolute Gasteiger partial charge is 0.234 e. The fourth-order valence-corrected chi connectivity index (χ4v) is 1.00. The van der Waals surface area contributed by atoms with Gasteiger partial charge >= 0.3 is 0 Å². The topological polar surface area (TPSA) is 0 Å². The summed E-state index contributed by atoms with van der Waals surface area (Å²) in [5.41, 5.74) is 1.46. The van der Waals surface area contributed by atoms with Crippen molar-refractivity contribution >= 4 is 19.0 Å². The minimum atomic E-state index is 0.665. The second-order valence-electron chi connectivity index (χ2n) is 2.40. The van der Waals surface area contributed by atoms with Gasteiger partial charge in [-0.1, -0.05) is 25.5 Å². The van der Waals surface area contributed by atoms with Gasteiger partial charge in [0.1, 0.15) is 0 Å². The molecule has 2 heteroatoms. The molecule has 0 nitrogen and oxygen atoms in total. The Bertz CT molecular complexity index is 97.1. The van der Waals surface area contributed by atoms with Crippen LogP contribution in [0.15, 0.2) is 11.6 Å². The average Bonchev–Trinajstić information content (AvgIpc) is 1.82. The first-order valence-electron chi connectivity index (χ1n) is 3.33. The lowest BCUT2D eigenvalue weighted by molar-refractivity contribution is 0.766. The van der Waals surface area contributed by atoms with Gasteiger partial charge in [-0.15, -0.1) is 0 Å². The number of thiol groups is 1. The molecule has 0 aliphatic carbocycles. The molecule has 0 heterocycles. The van der Waals surface area contributed by atoms with Crippen LogP contribution in [-0.4, -0.2) is 6.56 Å². The minimum Gasteiger partial charge on any atom is -0.234 e. The van der Waals surface area contributed by atoms with Crippen molar-refractivity contribution in [3.63, 3.8) is 0 Å². The van der Waals surface area contributed by atoms with Crippen LogP contribution in [0.5, 0.6) is 0 Å². The Morgan fingerprint density at radius 2 is 2.22 bits per heavy atom. The third-order valence-corrected chi connectivity index (χ3v) is 1.62. The lowest BCUT2D eigenvalue weighted by atomic mass is 9.88. The van der Waals surface area contributed by atoms with Gasteiger partial charge in [0.25, 0.3) is 0 Å². The maximum Gasteiger partial charge on any atom is 0.191 e. The Kier molecular flexibility index (Phi) is 5.07. The molecular weight excluding hydrogens is 127 g/mol. The van der Waals surface area contributed by atoms with Crippen LogP contribution in [0.3, 0.4) is 0 Å². The van der Waals surface area contributed by atoms with Crippen LogP contribution in [0, 0.1) is 5.92 Å². The number of rotatable bonds is 3. The van der Waals surface area contributed by atoms with Crippen LogP contribution in [0.1, 0.15) is 20.8 Å². The Morgan fingerprint density at radius 1 is 1.67 bits per heavy atom. The predicted octanol–water partition coefficient (Wildman–Crippen LogP) is 2.56. The maximum absolute atomic E-state index is 4.04. The molecule has 0 aliphatic rings. The molecular formula is C7H14BS. The van der Waals surface area contributed by atoms with Gasteiger partial charge in [0, 0.05) is 0 Å². The molecule has 0 amide bonds. The minimum absolute atomic E-state index is 0.665. The van der Waals surface area contributed by atoms with Crippen molar-refractivity contribution in [1.29, 1.82) is 0 Å². The lowest BCUT2D eigenvalue weighted by Crippen LogP contribution is -1.94. The van der Waals surface area contributed by atoms with Crippen LogP contribution in [-0.2, 0) is 0 Å². The van der Waals surface area contributed by atoms with Crippen LogP contribution in [0.4, 0.5) is 0 Å². The third-order valence-electron chi connectivity index (χ3n) is 1.44. The van der Waals surface area contributed by atoms with Crippen molar-refractivity contribution in [2.45, 2.75) is 27.1 Å². The highest BCUT2D eigenvalue weighted by Gasteiger charge is 1.99. The van der Waals surface area contributed by atoms with Gasteiger partial charge in [-0.2, -0.15) is 0 Å². The second-order valence-corrected chi connectivity index (χ2v) is 2.77. The summed E-state index contributed by atoms with van der Waals surface area (Å²) >= 11 is 4.04. The Hall–Kier alpha value is 0.155. The molecule has 0 fully saturated rings. The van der Waals surface area contributed by atoms with E-state index < -0.39 is 0 Å². The summed E-state index contributed by atoms with van der Waals surface area (Å²) in [6, 6.07) is 0. The monoisotopic (exact) mass is 141 g/mol. The standard InChI is InChI=1S/C7H14BS/c1-4-7(5-8-9)6(2)3/h4,6,9H,5H2,1-3H3/b7-4+. The fraction of sp³-hybridized carbons (Fsp3) is 0.714. The zero-order valence-corrected chi connectivity index (χ0v) is 7.28.